The number of carboxylic acid groups (broad SMARTS) is 1. The van der Waals surface area contributed by atoms with E-state index in [-0.39, 0.29) is 5.56 Å². The third-order valence-corrected chi connectivity index (χ3v) is 3.06. The molecule has 0 atom stereocenters. The van der Waals surface area contributed by atoms with Crippen molar-refractivity contribution >= 4 is 23.0 Å². The van der Waals surface area contributed by atoms with Crippen LogP contribution in [-0.4, -0.2) is 11.1 Å². The normalized spacial score (nSPS) is 10.2. The van der Waals surface area contributed by atoms with Crippen molar-refractivity contribution in [3.05, 3.63) is 53.1 Å². The van der Waals surface area contributed by atoms with Crippen LogP contribution in [0.2, 0.25) is 0 Å². The molecule has 2 aromatic carbocycles. The van der Waals surface area contributed by atoms with E-state index in [1.807, 2.05) is 32.0 Å². The average molecular weight is 256 g/mol. The number of aromatic carboxylic acids is 1. The second-order valence-electron chi connectivity index (χ2n) is 4.47. The SMILES string of the molecule is Cc1cccc(C)c1Nc1c(N)cccc1C(=O)O. The highest BCUT2D eigenvalue weighted by molar-refractivity contribution is 5.99. The molecule has 4 N–H and O–H groups in total. The molecule has 0 unspecified atom stereocenters. The summed E-state index contributed by atoms with van der Waals surface area (Å²) in [5.41, 5.74) is 9.88. The molecule has 0 aliphatic rings. The smallest absolute Gasteiger partial charge is 0.337 e. The molecule has 4 heteroatoms. The van der Waals surface area contributed by atoms with Crippen molar-refractivity contribution in [3.63, 3.8) is 0 Å². The van der Waals surface area contributed by atoms with Gasteiger partial charge in [0.1, 0.15) is 0 Å². The van der Waals surface area contributed by atoms with Gasteiger partial charge in [-0.1, -0.05) is 24.3 Å². The van der Waals surface area contributed by atoms with Crippen LogP contribution < -0.4 is 11.1 Å². The molecule has 2 rings (SSSR count). The van der Waals surface area contributed by atoms with Crippen molar-refractivity contribution < 1.29 is 9.90 Å². The molecule has 0 aliphatic carbocycles. The van der Waals surface area contributed by atoms with Gasteiger partial charge in [0.05, 0.1) is 16.9 Å². The zero-order valence-corrected chi connectivity index (χ0v) is 10.9. The van der Waals surface area contributed by atoms with Crippen LogP contribution in [-0.2, 0) is 0 Å². The predicted octanol–water partition coefficient (Wildman–Crippen LogP) is 3.33. The average Bonchev–Trinajstić information content (AvgIpc) is 2.35. The number of carboxylic acids is 1. The number of nitrogens with one attached hydrogen (secondary N) is 1. The number of nitrogens with two attached hydrogens (primary N) is 1. The standard InChI is InChI=1S/C15H16N2O2/c1-9-5-3-6-10(2)13(9)17-14-11(15(18)19)7-4-8-12(14)16/h3-8,17H,16H2,1-2H3,(H,18,19). The van der Waals surface area contributed by atoms with Crippen LogP contribution in [0.1, 0.15) is 21.5 Å². The van der Waals surface area contributed by atoms with E-state index < -0.39 is 5.97 Å². The summed E-state index contributed by atoms with van der Waals surface area (Å²) in [5.74, 6) is -0.999. The van der Waals surface area contributed by atoms with Gasteiger partial charge in [-0.05, 0) is 37.1 Å². The van der Waals surface area contributed by atoms with Gasteiger partial charge in [-0.25, -0.2) is 4.79 Å². The fourth-order valence-electron chi connectivity index (χ4n) is 2.02. The first-order chi connectivity index (χ1) is 9.00. The molecule has 0 saturated heterocycles. The molecule has 0 saturated carbocycles. The van der Waals surface area contributed by atoms with E-state index in [1.165, 1.54) is 6.07 Å². The number of aryl methyl sites for hydroxylation is 2. The van der Waals surface area contributed by atoms with Crippen LogP contribution in [0.5, 0.6) is 0 Å². The maximum atomic E-state index is 11.2. The molecule has 2 aromatic rings. The lowest BCUT2D eigenvalue weighted by molar-refractivity contribution is 0.0698. The van der Waals surface area contributed by atoms with Gasteiger partial charge >= 0.3 is 5.97 Å². The van der Waals surface area contributed by atoms with Gasteiger partial charge in [0.2, 0.25) is 0 Å². The minimum absolute atomic E-state index is 0.169. The van der Waals surface area contributed by atoms with Gasteiger partial charge in [-0.2, -0.15) is 0 Å². The number of para-hydroxylation sites is 2. The molecule has 0 heterocycles. The van der Waals surface area contributed by atoms with Crippen LogP contribution in [0.15, 0.2) is 36.4 Å². The fraction of sp³-hybridized carbons (Fsp3) is 0.133. The molecule has 4 nitrogen and oxygen atoms in total. The maximum Gasteiger partial charge on any atom is 0.337 e. The fourth-order valence-corrected chi connectivity index (χ4v) is 2.02. The minimum atomic E-state index is -0.999. The monoisotopic (exact) mass is 256 g/mol. The zero-order chi connectivity index (χ0) is 14.0. The lowest BCUT2D eigenvalue weighted by Gasteiger charge is -2.16. The molecule has 0 aromatic heterocycles. The molecule has 0 bridgehead atoms. The Morgan fingerprint density at radius 1 is 1.05 bits per heavy atom. The Labute approximate surface area is 111 Å². The summed E-state index contributed by atoms with van der Waals surface area (Å²) in [6, 6.07) is 10.7. The van der Waals surface area contributed by atoms with E-state index in [0.717, 1.165) is 16.8 Å². The minimum Gasteiger partial charge on any atom is -0.478 e. The van der Waals surface area contributed by atoms with Crippen LogP contribution in [0.4, 0.5) is 17.1 Å². The zero-order valence-electron chi connectivity index (χ0n) is 10.9. The molecule has 0 radical (unpaired) electrons. The van der Waals surface area contributed by atoms with Gasteiger partial charge < -0.3 is 16.2 Å². The van der Waals surface area contributed by atoms with E-state index in [1.54, 1.807) is 12.1 Å². The largest absolute Gasteiger partial charge is 0.478 e. The van der Waals surface area contributed by atoms with Gasteiger partial charge in [0.15, 0.2) is 0 Å². The number of hydrogen-bond acceptors (Lipinski definition) is 3. The number of anilines is 3. The Hall–Kier alpha value is -2.49. The summed E-state index contributed by atoms with van der Waals surface area (Å²) in [6.45, 7) is 3.93. The van der Waals surface area contributed by atoms with E-state index >= 15 is 0 Å². The Kier molecular flexibility index (Phi) is 3.42. The summed E-state index contributed by atoms with van der Waals surface area (Å²) in [7, 11) is 0. The molecule has 0 aliphatic heterocycles. The third kappa shape index (κ3) is 2.52. The molecule has 0 spiro atoms. The van der Waals surface area contributed by atoms with E-state index in [2.05, 4.69) is 5.32 Å². The van der Waals surface area contributed by atoms with Crippen molar-refractivity contribution in [2.45, 2.75) is 13.8 Å². The summed E-state index contributed by atoms with van der Waals surface area (Å²) in [4.78, 5) is 11.2. The number of hydrogen-bond donors (Lipinski definition) is 3. The van der Waals surface area contributed by atoms with Crippen molar-refractivity contribution in [2.24, 2.45) is 0 Å². The number of nitrogen functional groups attached to an aromatic ring is 1. The Bertz CT molecular complexity index is 616. The van der Waals surface area contributed by atoms with Crippen molar-refractivity contribution in [1.82, 2.24) is 0 Å². The van der Waals surface area contributed by atoms with E-state index in [0.29, 0.717) is 11.4 Å². The molecule has 19 heavy (non-hydrogen) atoms. The topological polar surface area (TPSA) is 75.3 Å². The van der Waals surface area contributed by atoms with Crippen LogP contribution in [0.25, 0.3) is 0 Å². The molecule has 98 valence electrons. The lowest BCUT2D eigenvalue weighted by Crippen LogP contribution is -2.07. The van der Waals surface area contributed by atoms with Gasteiger partial charge in [0, 0.05) is 5.69 Å². The quantitative estimate of drug-likeness (QED) is 0.736. The summed E-state index contributed by atoms with van der Waals surface area (Å²) in [5, 5.41) is 12.4. The summed E-state index contributed by atoms with van der Waals surface area (Å²) in [6.07, 6.45) is 0. The highest BCUT2D eigenvalue weighted by Gasteiger charge is 2.14. The molecular formula is C15H16N2O2. The first kappa shape index (κ1) is 13.0. The van der Waals surface area contributed by atoms with E-state index in [4.69, 9.17) is 5.73 Å². The van der Waals surface area contributed by atoms with Crippen LogP contribution in [0, 0.1) is 13.8 Å². The summed E-state index contributed by atoms with van der Waals surface area (Å²) >= 11 is 0. The predicted molar refractivity (Wildman–Crippen MR) is 77.0 cm³/mol. The highest BCUT2D eigenvalue weighted by Crippen LogP contribution is 2.30. The Morgan fingerprint density at radius 3 is 2.21 bits per heavy atom. The van der Waals surface area contributed by atoms with Gasteiger partial charge in [0.25, 0.3) is 0 Å². The Morgan fingerprint density at radius 2 is 1.63 bits per heavy atom. The van der Waals surface area contributed by atoms with E-state index in [9.17, 15) is 9.90 Å². The maximum absolute atomic E-state index is 11.2. The third-order valence-electron chi connectivity index (χ3n) is 3.06. The van der Waals surface area contributed by atoms with Crippen LogP contribution >= 0.6 is 0 Å². The van der Waals surface area contributed by atoms with Crippen molar-refractivity contribution in [3.8, 4) is 0 Å². The Balaban J connectivity index is 2.52. The van der Waals surface area contributed by atoms with Gasteiger partial charge in [-0.15, -0.1) is 0 Å². The molecule has 0 fully saturated rings. The van der Waals surface area contributed by atoms with Crippen LogP contribution in [0.3, 0.4) is 0 Å². The second kappa shape index (κ2) is 5.02. The van der Waals surface area contributed by atoms with Crippen molar-refractivity contribution in [1.29, 1.82) is 0 Å². The molecule has 0 amide bonds. The lowest BCUT2D eigenvalue weighted by atomic mass is 10.1. The molecular weight excluding hydrogens is 240 g/mol. The van der Waals surface area contributed by atoms with Crippen molar-refractivity contribution in [2.75, 3.05) is 11.1 Å². The number of carbonyl (C=O) groups is 1. The second-order valence-corrected chi connectivity index (χ2v) is 4.47. The highest BCUT2D eigenvalue weighted by atomic mass is 16.4. The summed E-state index contributed by atoms with van der Waals surface area (Å²) < 4.78 is 0. The number of benzene rings is 2. The first-order valence-electron chi connectivity index (χ1n) is 5.95. The van der Waals surface area contributed by atoms with Gasteiger partial charge in [-0.3, -0.25) is 0 Å². The first-order valence-corrected chi connectivity index (χ1v) is 5.95. The number of rotatable bonds is 3.